The molecule has 1 unspecified atom stereocenters. The number of thioether (sulfide) groups is 1. The average molecular weight is 270 g/mol. The van der Waals surface area contributed by atoms with Crippen molar-refractivity contribution < 1.29 is 8.42 Å². The van der Waals surface area contributed by atoms with Crippen molar-refractivity contribution in [2.24, 2.45) is 4.40 Å². The van der Waals surface area contributed by atoms with Crippen LogP contribution in [-0.4, -0.2) is 19.8 Å². The van der Waals surface area contributed by atoms with Gasteiger partial charge < -0.3 is 0 Å². The lowest BCUT2D eigenvalue weighted by Crippen LogP contribution is -2.16. The lowest BCUT2D eigenvalue weighted by atomic mass is 10.6. The second-order valence-corrected chi connectivity index (χ2v) is 7.09. The lowest BCUT2D eigenvalue weighted by Gasteiger charge is -2.08. The van der Waals surface area contributed by atoms with Gasteiger partial charge in [0.2, 0.25) is 10.7 Å². The fourth-order valence-corrected chi connectivity index (χ4v) is 4.96. The van der Waals surface area contributed by atoms with Gasteiger partial charge in [-0.15, -0.1) is 4.40 Å². The number of anilines is 1. The number of hydrogen-bond donors (Lipinski definition) is 1. The van der Waals surface area contributed by atoms with Crippen LogP contribution in [0.25, 0.3) is 0 Å². The van der Waals surface area contributed by atoms with Crippen molar-refractivity contribution in [3.05, 3.63) is 11.4 Å². The summed E-state index contributed by atoms with van der Waals surface area (Å²) in [5.41, 5.74) is 0. The number of rotatable bonds is 0. The van der Waals surface area contributed by atoms with Crippen LogP contribution in [-0.2, 0) is 10.0 Å². The monoisotopic (exact) mass is 269 g/mol. The van der Waals surface area contributed by atoms with Crippen LogP contribution in [0.15, 0.2) is 20.7 Å². The number of nitrogens with zero attached hydrogens (tertiary/aromatic N) is 1. The van der Waals surface area contributed by atoms with Gasteiger partial charge in [0.15, 0.2) is 15.4 Å². The Balaban J connectivity index is 2.64. The Labute approximate surface area is 92.9 Å². The summed E-state index contributed by atoms with van der Waals surface area (Å²) in [6.45, 7) is 0. The molecule has 0 saturated carbocycles. The van der Waals surface area contributed by atoms with Gasteiger partial charge in [-0.2, -0.15) is 8.42 Å². The summed E-state index contributed by atoms with van der Waals surface area (Å²) in [4.78, 5) is 0.189. The lowest BCUT2D eigenvalue weighted by molar-refractivity contribution is 0.598. The minimum atomic E-state index is -3.53. The molecule has 4 nitrogen and oxygen atoms in total. The highest BCUT2D eigenvalue weighted by molar-refractivity contribution is 8.14. The first-order valence-corrected chi connectivity index (χ1v) is 8.30. The maximum Gasteiger partial charge on any atom is 0.292 e. The third-order valence-electron chi connectivity index (χ3n) is 1.65. The molecule has 0 saturated heterocycles. The van der Waals surface area contributed by atoms with Crippen molar-refractivity contribution in [3.63, 3.8) is 0 Å². The van der Waals surface area contributed by atoms with Gasteiger partial charge >= 0.3 is 0 Å². The first-order valence-electron chi connectivity index (χ1n) is 3.52. The molecule has 0 spiro atoms. The minimum Gasteiger partial charge on any atom is -0.288 e. The predicted octanol–water partition coefficient (Wildman–Crippen LogP) is 2.27. The molecule has 1 N–H and O–H groups in total. The van der Waals surface area contributed by atoms with E-state index < -0.39 is 19.7 Å². The Morgan fingerprint density at radius 3 is 3.00 bits per heavy atom. The Morgan fingerprint density at radius 2 is 2.36 bits per heavy atom. The van der Waals surface area contributed by atoms with E-state index in [0.29, 0.717) is 10.2 Å². The van der Waals surface area contributed by atoms with Crippen LogP contribution in [0.4, 0.5) is 5.00 Å². The molecule has 14 heavy (non-hydrogen) atoms. The Bertz CT molecular complexity index is 505. The molecular formula is C6H6ClN2O2S3+. The fourth-order valence-electron chi connectivity index (χ4n) is 1.04. The second-order valence-electron chi connectivity index (χ2n) is 2.48. The standard InChI is InChI=1S/C6H6ClN2O2S3/c1-12-6-8-5-4(2-3-13(5)7)14(10,11)9-6/h2-3H,1H3,(H,8,9)/q+1. The maximum absolute atomic E-state index is 11.6. The van der Waals surface area contributed by atoms with Crippen molar-refractivity contribution >= 4 is 52.3 Å². The van der Waals surface area contributed by atoms with Gasteiger partial charge in [-0.1, -0.05) is 11.8 Å². The van der Waals surface area contributed by atoms with Crippen molar-refractivity contribution in [1.82, 2.24) is 0 Å². The van der Waals surface area contributed by atoms with Gasteiger partial charge in [0.25, 0.3) is 15.0 Å². The summed E-state index contributed by atoms with van der Waals surface area (Å²) in [5, 5.41) is 5.45. The number of thiophene rings is 1. The van der Waals surface area contributed by atoms with Crippen LogP contribution in [0.1, 0.15) is 0 Å². The van der Waals surface area contributed by atoms with Crippen LogP contribution in [0.5, 0.6) is 0 Å². The summed E-state index contributed by atoms with van der Waals surface area (Å²) in [5.74, 6) is 0. The van der Waals surface area contributed by atoms with Crippen molar-refractivity contribution in [3.8, 4) is 0 Å². The first-order chi connectivity index (χ1) is 6.54. The minimum absolute atomic E-state index is 0.189. The van der Waals surface area contributed by atoms with Gasteiger partial charge in [0.05, 0.1) is 0 Å². The zero-order chi connectivity index (χ0) is 10.3. The largest absolute Gasteiger partial charge is 0.292 e. The predicted molar refractivity (Wildman–Crippen MR) is 61.9 cm³/mol. The van der Waals surface area contributed by atoms with Crippen molar-refractivity contribution in [1.29, 1.82) is 0 Å². The molecule has 1 atom stereocenters. The van der Waals surface area contributed by atoms with Gasteiger partial charge in [-0.05, 0) is 6.26 Å². The maximum atomic E-state index is 11.6. The highest BCUT2D eigenvalue weighted by Gasteiger charge is 2.33. The molecule has 1 aliphatic heterocycles. The summed E-state index contributed by atoms with van der Waals surface area (Å²) >= 11 is 1.24. The van der Waals surface area contributed by atoms with Crippen LogP contribution < -0.4 is 5.32 Å². The molecule has 0 fully saturated rings. The van der Waals surface area contributed by atoms with Gasteiger partial charge in [-0.3, -0.25) is 5.32 Å². The summed E-state index contributed by atoms with van der Waals surface area (Å²) in [6, 6.07) is 1.49. The van der Waals surface area contributed by atoms with E-state index >= 15 is 0 Å². The molecule has 0 amide bonds. The van der Waals surface area contributed by atoms with E-state index in [0.717, 1.165) is 0 Å². The van der Waals surface area contributed by atoms with E-state index in [4.69, 9.17) is 10.7 Å². The van der Waals surface area contributed by atoms with E-state index in [9.17, 15) is 8.42 Å². The van der Waals surface area contributed by atoms with Gasteiger partial charge in [0.1, 0.15) is 9.68 Å². The molecule has 0 aromatic carbocycles. The Hall–Kier alpha value is -0.240. The number of halogens is 1. The Kier molecular flexibility index (Phi) is 2.50. The van der Waals surface area contributed by atoms with Crippen molar-refractivity contribution in [2.75, 3.05) is 11.6 Å². The third-order valence-corrected chi connectivity index (χ3v) is 5.65. The molecule has 8 heteroatoms. The fraction of sp³-hybridized carbons (Fsp3) is 0.167. The van der Waals surface area contributed by atoms with E-state index in [1.165, 1.54) is 17.8 Å². The highest BCUT2D eigenvalue weighted by atomic mass is 35.7. The molecule has 2 heterocycles. The molecule has 1 aromatic heterocycles. The summed E-state index contributed by atoms with van der Waals surface area (Å²) in [7, 11) is 1.72. The number of fused-ring (bicyclic) bond motifs is 1. The molecule has 1 aliphatic rings. The zero-order valence-corrected chi connectivity index (χ0v) is 10.2. The van der Waals surface area contributed by atoms with Crippen LogP contribution in [0, 0.1) is 0 Å². The second kappa shape index (κ2) is 3.41. The van der Waals surface area contributed by atoms with E-state index in [2.05, 4.69) is 9.71 Å². The van der Waals surface area contributed by atoms with Crippen LogP contribution in [0.3, 0.4) is 0 Å². The smallest absolute Gasteiger partial charge is 0.288 e. The third kappa shape index (κ3) is 1.54. The number of sulfonamides is 1. The average Bonchev–Trinajstić information content (AvgIpc) is 2.48. The number of amidine groups is 1. The molecule has 0 aliphatic carbocycles. The molecule has 1 aromatic rings. The van der Waals surface area contributed by atoms with Crippen LogP contribution in [0.2, 0.25) is 0 Å². The number of hydrogen-bond acceptors (Lipinski definition) is 4. The summed E-state index contributed by atoms with van der Waals surface area (Å²) in [6.07, 6.45) is 1.75. The molecule has 76 valence electrons. The SMILES string of the molecule is CSC1=NS(=O)(=O)c2cc[s+](Cl)c2N1. The first kappa shape index (κ1) is 10.3. The normalized spacial score (nSPS) is 19.6. The zero-order valence-electron chi connectivity index (χ0n) is 7.02. The van der Waals surface area contributed by atoms with Gasteiger partial charge in [0, 0.05) is 6.07 Å². The van der Waals surface area contributed by atoms with E-state index in [-0.39, 0.29) is 4.90 Å². The van der Waals surface area contributed by atoms with Crippen LogP contribution >= 0.6 is 32.1 Å². The molecule has 0 bridgehead atoms. The van der Waals surface area contributed by atoms with Gasteiger partial charge in [-0.25, -0.2) is 0 Å². The topological polar surface area (TPSA) is 58.5 Å². The van der Waals surface area contributed by atoms with Crippen molar-refractivity contribution in [2.45, 2.75) is 4.90 Å². The highest BCUT2D eigenvalue weighted by Crippen LogP contribution is 2.43. The quantitative estimate of drug-likeness (QED) is 0.734. The Morgan fingerprint density at radius 1 is 1.64 bits per heavy atom. The molecule has 0 radical (unpaired) electrons. The van der Waals surface area contributed by atoms with E-state index in [1.54, 1.807) is 11.6 Å². The molecule has 2 rings (SSSR count). The number of nitrogens with one attached hydrogen (secondary N) is 1. The van der Waals surface area contributed by atoms with E-state index in [1.807, 2.05) is 0 Å². The summed E-state index contributed by atoms with van der Waals surface area (Å²) < 4.78 is 26.7. The molecular weight excluding hydrogens is 264 g/mol.